The molecule has 1 unspecified atom stereocenters. The number of hydrogen-bond donors (Lipinski definition) is 3. The summed E-state index contributed by atoms with van der Waals surface area (Å²) in [6, 6.07) is 13.3. The Morgan fingerprint density at radius 1 is 1.08 bits per heavy atom. The molecule has 0 saturated carbocycles. The molecule has 14 heteroatoms. The quantitative estimate of drug-likeness (QED) is 0.185. The first-order valence-corrected chi connectivity index (χ1v) is 12.9. The molecule has 1 aromatic heterocycles. The van der Waals surface area contributed by atoms with Gasteiger partial charge in [0, 0.05) is 34.7 Å². The van der Waals surface area contributed by atoms with Crippen LogP contribution in [0.4, 0.5) is 17.1 Å². The highest BCUT2D eigenvalue weighted by Gasteiger charge is 2.20. The topological polar surface area (TPSA) is 180 Å². The number of aromatic hydroxyl groups is 1. The number of nitrogens with one attached hydrogen (secondary N) is 1. The molecule has 188 valence electrons. The van der Waals surface area contributed by atoms with Crippen LogP contribution >= 0.6 is 0 Å². The zero-order chi connectivity index (χ0) is 26.2. The normalized spacial score (nSPS) is 12.9. The number of benzene rings is 3. The Bertz CT molecular complexity index is 1690. The fourth-order valence-corrected chi connectivity index (χ4v) is 4.94. The van der Waals surface area contributed by atoms with E-state index in [-0.39, 0.29) is 28.7 Å². The molecule has 3 N–H and O–H groups in total. The van der Waals surface area contributed by atoms with Gasteiger partial charge in [-0.05, 0) is 32.0 Å². The molecule has 3 aromatic carbocycles. The van der Waals surface area contributed by atoms with Crippen LogP contribution in [0.1, 0.15) is 12.6 Å². The van der Waals surface area contributed by atoms with Crippen molar-refractivity contribution in [3.05, 3.63) is 70.6 Å². The van der Waals surface area contributed by atoms with Crippen molar-refractivity contribution in [1.29, 1.82) is 0 Å². The van der Waals surface area contributed by atoms with E-state index < -0.39 is 37.6 Å². The van der Waals surface area contributed by atoms with Crippen LogP contribution in [0.5, 0.6) is 5.75 Å². The van der Waals surface area contributed by atoms with Gasteiger partial charge in [-0.15, -0.1) is 10.2 Å². The molecule has 0 spiro atoms. The third-order valence-electron chi connectivity index (χ3n) is 5.37. The first kappa shape index (κ1) is 25.2. The molecule has 0 aliphatic rings. The Balaban J connectivity index is 1.80. The highest BCUT2D eigenvalue weighted by Crippen LogP contribution is 2.39. The minimum Gasteiger partial charge on any atom is -0.755 e. The zero-order valence-electron chi connectivity index (χ0n) is 18.9. The maximum absolute atomic E-state index is 13.1. The van der Waals surface area contributed by atoms with Crippen LogP contribution in [0.15, 0.2) is 74.5 Å². The number of aromatic nitrogens is 2. The van der Waals surface area contributed by atoms with Gasteiger partial charge in [0.05, 0.1) is 17.1 Å². The Morgan fingerprint density at radius 3 is 2.39 bits per heavy atom. The lowest BCUT2D eigenvalue weighted by Crippen LogP contribution is -2.25. The molecule has 0 aliphatic heterocycles. The van der Waals surface area contributed by atoms with Gasteiger partial charge in [0.2, 0.25) is 0 Å². The fraction of sp³-hybridized carbons (Fsp3) is 0.136. The second-order valence-electron chi connectivity index (χ2n) is 7.62. The smallest absolute Gasteiger partial charge is 0.299 e. The van der Waals surface area contributed by atoms with Crippen molar-refractivity contribution in [3.8, 4) is 11.4 Å². The van der Waals surface area contributed by atoms with Crippen LogP contribution < -0.4 is 9.86 Å². The third kappa shape index (κ3) is 4.66. The largest absolute Gasteiger partial charge is 0.755 e. The van der Waals surface area contributed by atoms with Gasteiger partial charge in [0.25, 0.3) is 15.7 Å². The summed E-state index contributed by atoms with van der Waals surface area (Å²) in [7, 11) is -4.63. The summed E-state index contributed by atoms with van der Waals surface area (Å²) in [6.45, 7) is 3.46. The Morgan fingerprint density at radius 2 is 1.75 bits per heavy atom. The van der Waals surface area contributed by atoms with E-state index in [0.717, 1.165) is 10.4 Å². The van der Waals surface area contributed by atoms with Gasteiger partial charge < -0.3 is 14.0 Å². The van der Waals surface area contributed by atoms with E-state index in [9.17, 15) is 31.6 Å². The Labute approximate surface area is 207 Å². The summed E-state index contributed by atoms with van der Waals surface area (Å²) in [4.78, 5) is 12.6. The summed E-state index contributed by atoms with van der Waals surface area (Å²) in [5.41, 5.74) is 0.300. The number of H-pyrrole nitrogens is 1. The van der Waals surface area contributed by atoms with E-state index in [1.165, 1.54) is 22.9 Å². The number of hydrogen-bond acceptors (Lipinski definition) is 8. The second-order valence-corrected chi connectivity index (χ2v) is 9.89. The lowest BCUT2D eigenvalue weighted by Gasteiger charge is -2.25. The number of nitrogens with zero attached hydrogens (tertiary/aromatic N) is 4. The predicted octanol–water partition coefficient (Wildman–Crippen LogP) is 3.62. The van der Waals surface area contributed by atoms with Gasteiger partial charge in [0.15, 0.2) is 5.69 Å². The molecule has 0 bridgehead atoms. The molecule has 1 atom stereocenters. The van der Waals surface area contributed by atoms with E-state index in [1.54, 1.807) is 44.2 Å². The van der Waals surface area contributed by atoms with Crippen molar-refractivity contribution in [1.82, 2.24) is 9.78 Å². The maximum atomic E-state index is 13.1. The van der Waals surface area contributed by atoms with E-state index in [0.29, 0.717) is 17.1 Å². The number of rotatable bonds is 7. The van der Waals surface area contributed by atoms with Crippen molar-refractivity contribution in [2.45, 2.75) is 18.7 Å². The molecule has 0 saturated heterocycles. The summed E-state index contributed by atoms with van der Waals surface area (Å²) in [6.07, 6.45) is 0. The number of fused-ring (bicyclic) bond motifs is 1. The van der Waals surface area contributed by atoms with Crippen LogP contribution in [0.25, 0.3) is 16.5 Å². The summed E-state index contributed by atoms with van der Waals surface area (Å²) < 4.78 is 58.2. The van der Waals surface area contributed by atoms with Crippen LogP contribution in [0.2, 0.25) is 0 Å². The van der Waals surface area contributed by atoms with Gasteiger partial charge in [-0.1, -0.05) is 30.3 Å². The van der Waals surface area contributed by atoms with Gasteiger partial charge in [-0.3, -0.25) is 18.7 Å². The molecule has 0 amide bonds. The van der Waals surface area contributed by atoms with Gasteiger partial charge in [0.1, 0.15) is 16.3 Å². The molecule has 36 heavy (non-hydrogen) atoms. The lowest BCUT2D eigenvalue weighted by molar-refractivity contribution is 0.468. The van der Waals surface area contributed by atoms with Crippen LogP contribution in [0, 0.1) is 6.92 Å². The SMILES string of the molecule is CCN(c1cccc(-n2[nH]c(C)c(N=Nc3c(O)cc(S(=O)(=O)O)c4ccccc34)c2=O)c1)S(=O)[O-]. The lowest BCUT2D eigenvalue weighted by atomic mass is 10.1. The minimum absolute atomic E-state index is 0.0810. The maximum Gasteiger partial charge on any atom is 0.299 e. The number of anilines is 1. The van der Waals surface area contributed by atoms with E-state index in [1.807, 2.05) is 0 Å². The zero-order valence-corrected chi connectivity index (χ0v) is 20.6. The van der Waals surface area contributed by atoms with Gasteiger partial charge in [-0.25, -0.2) is 4.68 Å². The van der Waals surface area contributed by atoms with Crippen molar-refractivity contribution >= 4 is 49.2 Å². The van der Waals surface area contributed by atoms with Crippen molar-refractivity contribution in [2.75, 3.05) is 10.8 Å². The third-order valence-corrected chi connectivity index (χ3v) is 7.09. The van der Waals surface area contributed by atoms with E-state index in [4.69, 9.17) is 0 Å². The molecule has 4 rings (SSSR count). The van der Waals surface area contributed by atoms with Gasteiger partial charge >= 0.3 is 0 Å². The number of phenolic OH excluding ortho intramolecular Hbond substituents is 1. The average molecular weight is 531 g/mol. The molecule has 0 radical (unpaired) electrons. The fourth-order valence-electron chi connectivity index (χ4n) is 3.73. The van der Waals surface area contributed by atoms with E-state index in [2.05, 4.69) is 15.3 Å². The van der Waals surface area contributed by atoms with Crippen molar-refractivity contribution in [3.63, 3.8) is 0 Å². The number of aromatic amines is 1. The van der Waals surface area contributed by atoms with Crippen LogP contribution in [0.3, 0.4) is 0 Å². The average Bonchev–Trinajstić information content (AvgIpc) is 3.11. The molecule has 12 nitrogen and oxygen atoms in total. The van der Waals surface area contributed by atoms with E-state index >= 15 is 0 Å². The van der Waals surface area contributed by atoms with Gasteiger partial charge in [-0.2, -0.15) is 8.42 Å². The monoisotopic (exact) mass is 530 g/mol. The summed E-state index contributed by atoms with van der Waals surface area (Å²) >= 11 is -2.49. The van der Waals surface area contributed by atoms with Crippen molar-refractivity contribution in [2.24, 2.45) is 10.2 Å². The number of aryl methyl sites for hydroxylation is 1. The molecule has 4 aromatic rings. The molecule has 0 aliphatic carbocycles. The highest BCUT2D eigenvalue weighted by atomic mass is 32.2. The van der Waals surface area contributed by atoms with Crippen molar-refractivity contribution < 1.29 is 26.8 Å². The van der Waals surface area contributed by atoms with Crippen LogP contribution in [-0.2, 0) is 21.4 Å². The molecule has 0 fully saturated rings. The minimum atomic E-state index is -4.63. The molecular weight excluding hydrogens is 510 g/mol. The predicted molar refractivity (Wildman–Crippen MR) is 133 cm³/mol. The van der Waals surface area contributed by atoms with Crippen LogP contribution in [-0.4, -0.2) is 43.2 Å². The highest BCUT2D eigenvalue weighted by molar-refractivity contribution is 7.86. The Hall–Kier alpha value is -3.85. The Kier molecular flexibility index (Phi) is 6.77. The molecular formula is C22H20N5O7S2-. The first-order chi connectivity index (χ1) is 17.0. The summed E-state index contributed by atoms with van der Waals surface area (Å²) in [5, 5.41) is 21.6. The number of azo groups is 1. The number of phenols is 1. The standard InChI is InChI=1S/C22H21N5O7S2/c1-3-26(35(30)31)14-7-6-8-15(11-14)27-22(29)20(13(2)25-27)23-24-21-17-10-5-4-9-16(17)19(12-18(21)28)36(32,33)34/h4-12,25,28H,3H2,1-2H3,(H,30,31)(H,32,33,34)/p-1. The first-order valence-electron chi connectivity index (χ1n) is 10.5. The molecule has 1 heterocycles. The summed E-state index contributed by atoms with van der Waals surface area (Å²) in [5.74, 6) is -0.559. The second kappa shape index (κ2) is 9.66.